The molecule has 7 heteroatoms. The zero-order chi connectivity index (χ0) is 15.5. The first-order valence-corrected chi connectivity index (χ1v) is 8.37. The van der Waals surface area contributed by atoms with E-state index < -0.39 is 6.04 Å². The topological polar surface area (TPSA) is 71.0 Å². The molecule has 0 aliphatic carbocycles. The summed E-state index contributed by atoms with van der Waals surface area (Å²) in [4.78, 5) is 32.6. The van der Waals surface area contributed by atoms with Gasteiger partial charge in [0.15, 0.2) is 5.84 Å². The summed E-state index contributed by atoms with van der Waals surface area (Å²) in [5, 5.41) is 8.59. The number of hydrogen-bond donors (Lipinski definition) is 1. The van der Waals surface area contributed by atoms with Crippen molar-refractivity contribution in [3.8, 4) is 0 Å². The molecule has 3 heterocycles. The Bertz CT molecular complexity index is 585. The summed E-state index contributed by atoms with van der Waals surface area (Å²) in [5.41, 5.74) is 0. The number of rotatable bonds is 3. The highest BCUT2D eigenvalue weighted by molar-refractivity contribution is 7.10. The molecule has 6 nitrogen and oxygen atoms in total. The molecule has 2 atom stereocenters. The minimum atomic E-state index is -0.397. The lowest BCUT2D eigenvalue weighted by molar-refractivity contribution is -0.137. The maximum Gasteiger partial charge on any atom is 0.248 e. The summed E-state index contributed by atoms with van der Waals surface area (Å²) in [5.74, 6) is 0.404. The van der Waals surface area contributed by atoms with E-state index in [-0.39, 0.29) is 17.9 Å². The van der Waals surface area contributed by atoms with Crippen molar-refractivity contribution in [2.75, 3.05) is 6.54 Å². The number of thiophene rings is 1. The average Bonchev–Trinajstić information content (AvgIpc) is 3.19. The molecule has 0 aromatic carbocycles. The summed E-state index contributed by atoms with van der Waals surface area (Å²) in [7, 11) is 0. The molecule has 118 valence electrons. The molecule has 1 aromatic rings. The van der Waals surface area contributed by atoms with Crippen LogP contribution in [0.15, 0.2) is 22.7 Å². The highest BCUT2D eigenvalue weighted by Crippen LogP contribution is 2.20. The second-order valence-electron chi connectivity index (χ2n) is 5.65. The van der Waals surface area contributed by atoms with Gasteiger partial charge in [0.2, 0.25) is 11.8 Å². The van der Waals surface area contributed by atoms with Crippen LogP contribution < -0.4 is 5.32 Å². The molecular weight excluding hydrogens is 302 g/mol. The molecule has 2 aliphatic heterocycles. The lowest BCUT2D eigenvalue weighted by Gasteiger charge is -2.23. The van der Waals surface area contributed by atoms with Crippen LogP contribution in [0.1, 0.15) is 31.1 Å². The van der Waals surface area contributed by atoms with Crippen molar-refractivity contribution in [3.05, 3.63) is 22.4 Å². The number of nitrogens with one attached hydrogen (secondary N) is 1. The minimum absolute atomic E-state index is 0.00422. The third-order valence-electron chi connectivity index (χ3n) is 3.87. The molecule has 2 amide bonds. The monoisotopic (exact) mass is 321 g/mol. The highest BCUT2D eigenvalue weighted by Gasteiger charge is 2.35. The van der Waals surface area contributed by atoms with Crippen molar-refractivity contribution in [2.24, 2.45) is 5.16 Å². The summed E-state index contributed by atoms with van der Waals surface area (Å²) < 4.78 is 0. The zero-order valence-corrected chi connectivity index (χ0v) is 13.3. The molecule has 0 radical (unpaired) electrons. The van der Waals surface area contributed by atoms with Crippen molar-refractivity contribution in [3.63, 3.8) is 0 Å². The Morgan fingerprint density at radius 3 is 3.09 bits per heavy atom. The van der Waals surface area contributed by atoms with Gasteiger partial charge < -0.3 is 15.1 Å². The molecule has 0 saturated carbocycles. The third-order valence-corrected chi connectivity index (χ3v) is 4.75. The Morgan fingerprint density at radius 2 is 2.41 bits per heavy atom. The van der Waals surface area contributed by atoms with Crippen molar-refractivity contribution < 1.29 is 14.4 Å². The van der Waals surface area contributed by atoms with E-state index in [9.17, 15) is 9.59 Å². The van der Waals surface area contributed by atoms with Crippen LogP contribution in [-0.2, 0) is 20.8 Å². The van der Waals surface area contributed by atoms with Crippen LogP contribution in [0.5, 0.6) is 0 Å². The van der Waals surface area contributed by atoms with Gasteiger partial charge in [-0.15, -0.1) is 11.3 Å². The lowest BCUT2D eigenvalue weighted by atomic mass is 10.2. The van der Waals surface area contributed by atoms with Crippen LogP contribution >= 0.6 is 11.3 Å². The SMILES string of the molecule is C[C@H]1CC(NC(=O)[C@@H]2CCCN2C(=O)Cc2cccs2)=NO1. The Morgan fingerprint density at radius 1 is 1.55 bits per heavy atom. The number of carbonyl (C=O) groups is 2. The predicted molar refractivity (Wildman–Crippen MR) is 83.5 cm³/mol. The third kappa shape index (κ3) is 3.30. The van der Waals surface area contributed by atoms with E-state index in [0.29, 0.717) is 31.6 Å². The fraction of sp³-hybridized carbons (Fsp3) is 0.533. The van der Waals surface area contributed by atoms with Gasteiger partial charge in [-0.3, -0.25) is 9.59 Å². The number of nitrogens with zero attached hydrogens (tertiary/aromatic N) is 2. The Kier molecular flexibility index (Phi) is 4.42. The van der Waals surface area contributed by atoms with Gasteiger partial charge in [0.1, 0.15) is 12.1 Å². The second-order valence-corrected chi connectivity index (χ2v) is 6.68. The normalized spacial score (nSPS) is 24.0. The van der Waals surface area contributed by atoms with E-state index in [1.165, 1.54) is 0 Å². The first-order valence-electron chi connectivity index (χ1n) is 7.49. The van der Waals surface area contributed by atoms with Gasteiger partial charge in [0, 0.05) is 17.8 Å². The fourth-order valence-electron chi connectivity index (χ4n) is 2.80. The van der Waals surface area contributed by atoms with Crippen molar-refractivity contribution in [1.82, 2.24) is 10.2 Å². The van der Waals surface area contributed by atoms with E-state index in [4.69, 9.17) is 4.84 Å². The Labute approximate surface area is 133 Å². The summed E-state index contributed by atoms with van der Waals surface area (Å²) in [6, 6.07) is 3.48. The largest absolute Gasteiger partial charge is 0.391 e. The molecule has 0 bridgehead atoms. The smallest absolute Gasteiger partial charge is 0.248 e. The maximum absolute atomic E-state index is 12.4. The molecule has 1 aromatic heterocycles. The first kappa shape index (κ1) is 15.0. The summed E-state index contributed by atoms with van der Waals surface area (Å²) in [6.07, 6.45) is 2.51. The summed E-state index contributed by atoms with van der Waals surface area (Å²) in [6.45, 7) is 2.54. The Balaban J connectivity index is 1.60. The van der Waals surface area contributed by atoms with Crippen LogP contribution in [0, 0.1) is 0 Å². The van der Waals surface area contributed by atoms with Gasteiger partial charge in [-0.25, -0.2) is 0 Å². The Hall–Kier alpha value is -1.89. The van der Waals surface area contributed by atoms with Gasteiger partial charge in [-0.2, -0.15) is 0 Å². The van der Waals surface area contributed by atoms with E-state index in [1.54, 1.807) is 16.2 Å². The van der Waals surface area contributed by atoms with Gasteiger partial charge in [-0.05, 0) is 31.2 Å². The highest BCUT2D eigenvalue weighted by atomic mass is 32.1. The van der Waals surface area contributed by atoms with Crippen molar-refractivity contribution in [1.29, 1.82) is 0 Å². The van der Waals surface area contributed by atoms with Crippen molar-refractivity contribution >= 4 is 29.0 Å². The quantitative estimate of drug-likeness (QED) is 0.917. The number of amidine groups is 1. The number of hydrogen-bond acceptors (Lipinski definition) is 5. The van der Waals surface area contributed by atoms with E-state index in [0.717, 1.165) is 11.3 Å². The van der Waals surface area contributed by atoms with Crippen LogP contribution in [0.2, 0.25) is 0 Å². The average molecular weight is 321 g/mol. The number of likely N-dealkylation sites (tertiary alicyclic amines) is 1. The zero-order valence-electron chi connectivity index (χ0n) is 12.4. The predicted octanol–water partition coefficient (Wildman–Crippen LogP) is 1.52. The van der Waals surface area contributed by atoms with E-state index >= 15 is 0 Å². The van der Waals surface area contributed by atoms with E-state index in [2.05, 4.69) is 10.5 Å². The van der Waals surface area contributed by atoms with Gasteiger partial charge >= 0.3 is 0 Å². The molecule has 3 rings (SSSR count). The van der Waals surface area contributed by atoms with Gasteiger partial charge in [0.25, 0.3) is 0 Å². The van der Waals surface area contributed by atoms with Crippen LogP contribution in [0.4, 0.5) is 0 Å². The van der Waals surface area contributed by atoms with E-state index in [1.807, 2.05) is 24.4 Å². The van der Waals surface area contributed by atoms with Crippen molar-refractivity contribution in [2.45, 2.75) is 44.8 Å². The molecule has 0 spiro atoms. The number of amides is 2. The lowest BCUT2D eigenvalue weighted by Crippen LogP contribution is -2.47. The minimum Gasteiger partial charge on any atom is -0.391 e. The number of oxime groups is 1. The molecule has 1 fully saturated rings. The molecular formula is C15H19N3O3S. The van der Waals surface area contributed by atoms with Gasteiger partial charge in [-0.1, -0.05) is 11.2 Å². The molecule has 22 heavy (non-hydrogen) atoms. The maximum atomic E-state index is 12.4. The van der Waals surface area contributed by atoms with Gasteiger partial charge in [0.05, 0.1) is 6.42 Å². The standard InChI is InChI=1S/C15H19N3O3S/c1-10-8-13(17-21-10)16-15(20)12-5-2-6-18(12)14(19)9-11-4-3-7-22-11/h3-4,7,10,12H,2,5-6,8-9H2,1H3,(H,16,17,20)/t10-,12-/m0/s1. The second kappa shape index (κ2) is 6.48. The molecule has 1 saturated heterocycles. The van der Waals surface area contributed by atoms with Crippen LogP contribution in [0.25, 0.3) is 0 Å². The molecule has 0 unspecified atom stereocenters. The first-order chi connectivity index (χ1) is 10.6. The number of carbonyl (C=O) groups excluding carboxylic acids is 2. The molecule has 1 N–H and O–H groups in total. The van der Waals surface area contributed by atoms with Crippen LogP contribution in [0.3, 0.4) is 0 Å². The summed E-state index contributed by atoms with van der Waals surface area (Å²) >= 11 is 1.56. The fourth-order valence-corrected chi connectivity index (χ4v) is 3.50. The van der Waals surface area contributed by atoms with Crippen LogP contribution in [-0.4, -0.2) is 41.2 Å². The molecule has 2 aliphatic rings.